The predicted molar refractivity (Wildman–Crippen MR) is 251 cm³/mol. The number of rotatable bonds is 9. The first-order valence-electron chi connectivity index (χ1n) is 20.1. The molecule has 1 heterocycles. The van der Waals surface area contributed by atoms with Crippen LogP contribution in [0.1, 0.15) is 0 Å². The summed E-state index contributed by atoms with van der Waals surface area (Å²) in [4.78, 5) is 5.90. The number of benzene rings is 9. The van der Waals surface area contributed by atoms with Crippen LogP contribution in [0.4, 0.5) is 27.1 Å². The molecule has 0 aliphatic rings. The number of anilines is 3. The SMILES string of the molecule is [C-]#[N+]c1ccc(N(c2ccc(-c3cc[c]([Ge]([c]4ccccc4)([c]4ccccc4)[c]4ccccc4)cc3)cc2)c2ccc3c(c2)c2ccccc2n3-c2ccc(F)cc2)cc1. The van der Waals surface area contributed by atoms with Crippen LogP contribution in [0.15, 0.2) is 231 Å². The topological polar surface area (TPSA) is 12.5 Å². The fourth-order valence-electron chi connectivity index (χ4n) is 8.87. The van der Waals surface area contributed by atoms with Gasteiger partial charge in [-0.25, -0.2) is 9.24 Å². The van der Waals surface area contributed by atoms with Crippen molar-refractivity contribution >= 4 is 75.4 Å². The minimum atomic E-state index is -3.37. The molecule has 60 heavy (non-hydrogen) atoms. The second-order valence-corrected chi connectivity index (χ2v) is 23.0. The molecule has 0 radical (unpaired) electrons. The molecule has 9 aromatic carbocycles. The van der Waals surface area contributed by atoms with E-state index in [1.54, 1.807) is 0 Å². The normalized spacial score (nSPS) is 11.4. The van der Waals surface area contributed by atoms with E-state index in [-0.39, 0.29) is 5.82 Å². The predicted octanol–water partition coefficient (Wildman–Crippen LogP) is 12.0. The summed E-state index contributed by atoms with van der Waals surface area (Å²) in [5.41, 5.74) is 8.80. The summed E-state index contributed by atoms with van der Waals surface area (Å²) in [5.74, 6) is -0.261. The molecule has 0 N–H and O–H groups in total. The zero-order valence-corrected chi connectivity index (χ0v) is 34.8. The molecule has 0 fully saturated rings. The monoisotopic (exact) mass is 833 g/mol. The number of halogens is 1. The fraction of sp³-hybridized carbons (Fsp3) is 0. The van der Waals surface area contributed by atoms with Crippen LogP contribution in [-0.4, -0.2) is 17.8 Å². The van der Waals surface area contributed by atoms with Crippen LogP contribution in [0.3, 0.4) is 0 Å². The van der Waals surface area contributed by atoms with E-state index in [1.165, 1.54) is 29.7 Å². The molecule has 0 aliphatic heterocycles. The average molecular weight is 833 g/mol. The first-order chi connectivity index (χ1) is 29.6. The molecule has 5 heteroatoms. The van der Waals surface area contributed by atoms with Crippen molar-refractivity contribution in [2.75, 3.05) is 4.90 Å². The van der Waals surface area contributed by atoms with Gasteiger partial charge in [0.2, 0.25) is 0 Å². The van der Waals surface area contributed by atoms with Crippen LogP contribution in [0, 0.1) is 12.4 Å². The Hall–Kier alpha value is -7.46. The summed E-state index contributed by atoms with van der Waals surface area (Å²) in [5, 5.41) is 2.20. The molecule has 0 aliphatic carbocycles. The van der Waals surface area contributed by atoms with Gasteiger partial charge in [-0.2, -0.15) is 0 Å². The van der Waals surface area contributed by atoms with Crippen molar-refractivity contribution in [3.8, 4) is 16.8 Å². The van der Waals surface area contributed by atoms with Crippen LogP contribution in [0.5, 0.6) is 0 Å². The Morgan fingerprint density at radius 2 is 0.867 bits per heavy atom. The molecule has 0 bridgehead atoms. The number of nitrogens with zero attached hydrogens (tertiary/aromatic N) is 3. The van der Waals surface area contributed by atoms with Crippen molar-refractivity contribution in [1.29, 1.82) is 0 Å². The Kier molecular flexibility index (Phi) is 9.65. The molecule has 0 unspecified atom stereocenters. The number of hydrogen-bond acceptors (Lipinski definition) is 1. The van der Waals surface area contributed by atoms with E-state index < -0.39 is 13.3 Å². The van der Waals surface area contributed by atoms with Gasteiger partial charge in [0.1, 0.15) is 5.82 Å². The van der Waals surface area contributed by atoms with Crippen molar-refractivity contribution in [2.45, 2.75) is 0 Å². The Labute approximate surface area is 352 Å². The third-order valence-corrected chi connectivity index (χ3v) is 21.7. The van der Waals surface area contributed by atoms with E-state index in [1.807, 2.05) is 42.5 Å². The van der Waals surface area contributed by atoms with Crippen molar-refractivity contribution in [2.24, 2.45) is 0 Å². The molecular formula is C55H38FGeN3. The van der Waals surface area contributed by atoms with Gasteiger partial charge in [0.25, 0.3) is 0 Å². The van der Waals surface area contributed by atoms with E-state index in [4.69, 9.17) is 6.57 Å². The summed E-state index contributed by atoms with van der Waals surface area (Å²) in [6, 6.07) is 80.6. The van der Waals surface area contributed by atoms with Gasteiger partial charge < -0.3 is 4.57 Å². The number of hydrogen-bond donors (Lipinski definition) is 0. The second kappa shape index (κ2) is 15.7. The van der Waals surface area contributed by atoms with Gasteiger partial charge in [-0.1, -0.05) is 18.2 Å². The zero-order chi connectivity index (χ0) is 40.5. The van der Waals surface area contributed by atoms with Crippen molar-refractivity contribution in [3.63, 3.8) is 0 Å². The molecular weight excluding hydrogens is 794 g/mol. The van der Waals surface area contributed by atoms with Crippen molar-refractivity contribution < 1.29 is 4.39 Å². The maximum absolute atomic E-state index is 14.0. The molecule has 1 aromatic heterocycles. The van der Waals surface area contributed by atoms with Gasteiger partial charge >= 0.3 is 251 Å². The third kappa shape index (κ3) is 6.46. The van der Waals surface area contributed by atoms with E-state index in [9.17, 15) is 4.39 Å². The number of aromatic nitrogens is 1. The Morgan fingerprint density at radius 3 is 1.42 bits per heavy atom. The summed E-state index contributed by atoms with van der Waals surface area (Å²) in [7, 11) is 0. The molecule has 10 aromatic rings. The van der Waals surface area contributed by atoms with Gasteiger partial charge in [-0.05, 0) is 30.3 Å². The standard InChI is InChI=1S/C55H38FGeN3/c1-58-47-29-35-49(36-30-47)59(51-37-38-55-53(39-51)52-19-11-12-20-54(52)60(55)50-33-25-42(56)26-34-50)48-31-23-41(24-32-48)40-21-27-46(28-22-40)57(43-13-5-2-6-14-43,44-15-7-3-8-16-44)45-17-9-4-10-18-45/h2-39H. The third-order valence-electron chi connectivity index (χ3n) is 11.6. The van der Waals surface area contributed by atoms with Gasteiger partial charge in [0.05, 0.1) is 17.6 Å². The van der Waals surface area contributed by atoms with Crippen LogP contribution in [0.2, 0.25) is 0 Å². The van der Waals surface area contributed by atoms with E-state index in [0.29, 0.717) is 5.69 Å². The average Bonchev–Trinajstić information content (AvgIpc) is 3.65. The van der Waals surface area contributed by atoms with Crippen molar-refractivity contribution in [3.05, 3.63) is 248 Å². The molecule has 0 amide bonds. The van der Waals surface area contributed by atoms with E-state index >= 15 is 0 Å². The first kappa shape index (κ1) is 36.9. The summed E-state index contributed by atoms with van der Waals surface area (Å²) in [6.07, 6.45) is 0. The molecule has 0 saturated carbocycles. The van der Waals surface area contributed by atoms with Crippen LogP contribution in [0.25, 0.3) is 43.5 Å². The fourth-order valence-corrected chi connectivity index (χ4v) is 18.8. The first-order valence-corrected chi connectivity index (χ1v) is 24.3. The second-order valence-electron chi connectivity index (χ2n) is 15.0. The van der Waals surface area contributed by atoms with Crippen LogP contribution >= 0.6 is 0 Å². The molecule has 0 saturated heterocycles. The van der Waals surface area contributed by atoms with Gasteiger partial charge in [0.15, 0.2) is 5.69 Å². The molecule has 3 nitrogen and oxygen atoms in total. The van der Waals surface area contributed by atoms with Gasteiger partial charge in [-0.3, -0.25) is 0 Å². The Balaban J connectivity index is 1.06. The van der Waals surface area contributed by atoms with Gasteiger partial charge in [0, 0.05) is 11.1 Å². The van der Waals surface area contributed by atoms with Crippen LogP contribution < -0.4 is 22.5 Å². The van der Waals surface area contributed by atoms with E-state index in [0.717, 1.165) is 55.7 Å². The quantitative estimate of drug-likeness (QED) is 0.104. The molecule has 284 valence electrons. The molecule has 10 rings (SSSR count). The van der Waals surface area contributed by atoms with Crippen molar-refractivity contribution in [1.82, 2.24) is 4.57 Å². The molecule has 0 atom stereocenters. The Morgan fingerprint density at radius 1 is 0.417 bits per heavy atom. The van der Waals surface area contributed by atoms with E-state index in [2.05, 4.69) is 190 Å². The van der Waals surface area contributed by atoms with Gasteiger partial charge in [-0.15, -0.1) is 0 Å². The summed E-state index contributed by atoms with van der Waals surface area (Å²) in [6.45, 7) is 7.58. The van der Waals surface area contributed by atoms with Crippen LogP contribution in [-0.2, 0) is 0 Å². The Bertz CT molecular complexity index is 3020. The zero-order valence-electron chi connectivity index (χ0n) is 32.7. The number of fused-ring (bicyclic) bond motifs is 3. The maximum atomic E-state index is 14.0. The number of para-hydroxylation sites is 1. The summed E-state index contributed by atoms with van der Waals surface area (Å²) < 4.78 is 21.8. The minimum absolute atomic E-state index is 0.261. The summed E-state index contributed by atoms with van der Waals surface area (Å²) >= 11 is -3.37. The molecule has 0 spiro atoms.